The lowest BCUT2D eigenvalue weighted by molar-refractivity contribution is -0.140. The Morgan fingerprint density at radius 1 is 1.33 bits per heavy atom. The molecule has 0 bridgehead atoms. The molecule has 1 aliphatic carbocycles. The second kappa shape index (κ2) is 6.37. The molecular formula is C15H19BrO2. The van der Waals surface area contributed by atoms with E-state index in [1.165, 1.54) is 49.5 Å². The Bertz CT molecular complexity index is 429. The van der Waals surface area contributed by atoms with Gasteiger partial charge in [0.2, 0.25) is 0 Å². The molecule has 0 radical (unpaired) electrons. The summed E-state index contributed by atoms with van der Waals surface area (Å²) in [6, 6.07) is 6.75. The number of hydrogen-bond donors (Lipinski definition) is 0. The molecule has 0 N–H and O–H groups in total. The Kier molecular flexibility index (Phi) is 4.81. The fourth-order valence-electron chi connectivity index (χ4n) is 2.51. The summed E-state index contributed by atoms with van der Waals surface area (Å²) < 4.78 is 4.68. The van der Waals surface area contributed by atoms with E-state index in [1.807, 2.05) is 0 Å². The van der Waals surface area contributed by atoms with Crippen LogP contribution in [-0.2, 0) is 28.8 Å². The number of halogens is 1. The van der Waals surface area contributed by atoms with Crippen LogP contribution in [0.1, 0.15) is 36.0 Å². The van der Waals surface area contributed by atoms with Gasteiger partial charge in [0, 0.05) is 4.83 Å². The zero-order valence-corrected chi connectivity index (χ0v) is 12.3. The maximum atomic E-state index is 11.2. The summed E-state index contributed by atoms with van der Waals surface area (Å²) in [7, 11) is 1.43. The van der Waals surface area contributed by atoms with Crippen LogP contribution in [0.15, 0.2) is 18.2 Å². The largest absolute Gasteiger partial charge is 0.469 e. The number of fused-ring (bicyclic) bond motifs is 1. The van der Waals surface area contributed by atoms with Gasteiger partial charge in [-0.05, 0) is 48.8 Å². The predicted molar refractivity (Wildman–Crippen MR) is 76.1 cm³/mol. The minimum absolute atomic E-state index is 0.158. The van der Waals surface area contributed by atoms with E-state index in [-0.39, 0.29) is 10.8 Å². The molecule has 0 fully saturated rings. The lowest BCUT2D eigenvalue weighted by atomic mass is 9.89. The lowest BCUT2D eigenvalue weighted by Crippen LogP contribution is -2.12. The van der Waals surface area contributed by atoms with Crippen LogP contribution in [0.4, 0.5) is 0 Å². The lowest BCUT2D eigenvalue weighted by Gasteiger charge is -2.17. The Morgan fingerprint density at radius 2 is 2.06 bits per heavy atom. The SMILES string of the molecule is COC(=O)CC(Br)Cc1ccc2c(c1)CCCC2. The van der Waals surface area contributed by atoms with Crippen molar-refractivity contribution in [2.75, 3.05) is 7.11 Å². The standard InChI is InChI=1S/C15H19BrO2/c1-18-15(17)10-14(16)9-11-6-7-12-4-2-3-5-13(12)8-11/h6-8,14H,2-5,9-10H2,1H3. The zero-order chi connectivity index (χ0) is 13.0. The van der Waals surface area contributed by atoms with E-state index >= 15 is 0 Å². The van der Waals surface area contributed by atoms with Crippen molar-refractivity contribution in [3.05, 3.63) is 34.9 Å². The van der Waals surface area contributed by atoms with Crippen LogP contribution in [0.25, 0.3) is 0 Å². The Morgan fingerprint density at radius 3 is 2.78 bits per heavy atom. The molecule has 1 atom stereocenters. The van der Waals surface area contributed by atoms with E-state index in [2.05, 4.69) is 38.9 Å². The molecule has 0 saturated heterocycles. The maximum absolute atomic E-state index is 11.2. The number of esters is 1. The van der Waals surface area contributed by atoms with Gasteiger partial charge in [0.05, 0.1) is 13.5 Å². The van der Waals surface area contributed by atoms with E-state index in [1.54, 1.807) is 0 Å². The molecule has 1 aliphatic rings. The van der Waals surface area contributed by atoms with Crippen molar-refractivity contribution < 1.29 is 9.53 Å². The molecule has 2 nitrogen and oxygen atoms in total. The summed E-state index contributed by atoms with van der Waals surface area (Å²) in [5.74, 6) is -0.158. The van der Waals surface area contributed by atoms with Gasteiger partial charge >= 0.3 is 5.97 Å². The molecule has 98 valence electrons. The number of methoxy groups -OCH3 is 1. The summed E-state index contributed by atoms with van der Waals surface area (Å²) in [6.07, 6.45) is 6.34. The van der Waals surface area contributed by atoms with E-state index in [0.717, 1.165) is 6.42 Å². The van der Waals surface area contributed by atoms with E-state index in [0.29, 0.717) is 6.42 Å². The quantitative estimate of drug-likeness (QED) is 0.629. The summed E-state index contributed by atoms with van der Waals surface area (Å²) in [5.41, 5.74) is 4.31. The highest BCUT2D eigenvalue weighted by molar-refractivity contribution is 9.09. The molecule has 0 aliphatic heterocycles. The molecule has 1 aromatic rings. The van der Waals surface area contributed by atoms with Crippen LogP contribution >= 0.6 is 15.9 Å². The van der Waals surface area contributed by atoms with Crippen molar-refractivity contribution in [2.45, 2.75) is 43.4 Å². The summed E-state index contributed by atoms with van der Waals surface area (Å²) in [6.45, 7) is 0. The van der Waals surface area contributed by atoms with E-state index < -0.39 is 0 Å². The van der Waals surface area contributed by atoms with Gasteiger partial charge in [-0.1, -0.05) is 34.1 Å². The zero-order valence-electron chi connectivity index (χ0n) is 10.7. The molecule has 1 aromatic carbocycles. The number of hydrogen-bond acceptors (Lipinski definition) is 2. The number of rotatable bonds is 4. The molecule has 3 heteroatoms. The van der Waals surface area contributed by atoms with Crippen molar-refractivity contribution in [1.82, 2.24) is 0 Å². The first-order valence-corrected chi connectivity index (χ1v) is 7.42. The number of carbonyl (C=O) groups is 1. The normalized spacial score (nSPS) is 15.9. The molecule has 18 heavy (non-hydrogen) atoms. The van der Waals surface area contributed by atoms with Gasteiger partial charge in [0.15, 0.2) is 0 Å². The van der Waals surface area contributed by atoms with Crippen LogP contribution in [-0.4, -0.2) is 17.9 Å². The monoisotopic (exact) mass is 310 g/mol. The number of carbonyl (C=O) groups excluding carboxylic acids is 1. The molecule has 2 rings (SSSR count). The van der Waals surface area contributed by atoms with Crippen LogP contribution < -0.4 is 0 Å². The van der Waals surface area contributed by atoms with Gasteiger partial charge in [-0.25, -0.2) is 0 Å². The Labute approximate surface area is 117 Å². The molecular weight excluding hydrogens is 292 g/mol. The third kappa shape index (κ3) is 3.58. The summed E-state index contributed by atoms with van der Waals surface area (Å²) in [4.78, 5) is 11.4. The molecule has 0 spiro atoms. The van der Waals surface area contributed by atoms with Crippen molar-refractivity contribution in [3.8, 4) is 0 Å². The van der Waals surface area contributed by atoms with Crippen molar-refractivity contribution in [1.29, 1.82) is 0 Å². The number of ether oxygens (including phenoxy) is 1. The first-order chi connectivity index (χ1) is 8.69. The first kappa shape index (κ1) is 13.6. The van der Waals surface area contributed by atoms with Gasteiger partial charge < -0.3 is 4.74 Å². The number of alkyl halides is 1. The van der Waals surface area contributed by atoms with Crippen molar-refractivity contribution in [2.24, 2.45) is 0 Å². The molecule has 0 aromatic heterocycles. The average molecular weight is 311 g/mol. The third-order valence-electron chi connectivity index (χ3n) is 3.49. The van der Waals surface area contributed by atoms with Gasteiger partial charge in [0.1, 0.15) is 0 Å². The fraction of sp³-hybridized carbons (Fsp3) is 0.533. The molecule has 0 heterocycles. The van der Waals surface area contributed by atoms with Crippen LogP contribution in [0.5, 0.6) is 0 Å². The van der Waals surface area contributed by atoms with Gasteiger partial charge in [-0.2, -0.15) is 0 Å². The van der Waals surface area contributed by atoms with Crippen LogP contribution in [0, 0.1) is 0 Å². The van der Waals surface area contributed by atoms with Crippen molar-refractivity contribution in [3.63, 3.8) is 0 Å². The van der Waals surface area contributed by atoms with Crippen LogP contribution in [0.3, 0.4) is 0 Å². The number of aryl methyl sites for hydroxylation is 2. The molecule has 0 amide bonds. The second-order valence-electron chi connectivity index (χ2n) is 4.89. The average Bonchev–Trinajstić information content (AvgIpc) is 2.38. The minimum Gasteiger partial charge on any atom is -0.469 e. The minimum atomic E-state index is -0.158. The van der Waals surface area contributed by atoms with Crippen molar-refractivity contribution >= 4 is 21.9 Å². The van der Waals surface area contributed by atoms with Gasteiger partial charge in [0.25, 0.3) is 0 Å². The highest BCUT2D eigenvalue weighted by atomic mass is 79.9. The third-order valence-corrected chi connectivity index (χ3v) is 4.13. The number of benzene rings is 1. The molecule has 1 unspecified atom stereocenters. The first-order valence-electron chi connectivity index (χ1n) is 6.50. The topological polar surface area (TPSA) is 26.3 Å². The smallest absolute Gasteiger partial charge is 0.306 e. The van der Waals surface area contributed by atoms with E-state index in [4.69, 9.17) is 0 Å². The van der Waals surface area contributed by atoms with Crippen LogP contribution in [0.2, 0.25) is 0 Å². The molecule has 0 saturated carbocycles. The van der Waals surface area contributed by atoms with Gasteiger partial charge in [-0.3, -0.25) is 4.79 Å². The Balaban J connectivity index is 1.99. The highest BCUT2D eigenvalue weighted by Crippen LogP contribution is 2.24. The fourth-order valence-corrected chi connectivity index (χ4v) is 3.14. The highest BCUT2D eigenvalue weighted by Gasteiger charge is 2.14. The summed E-state index contributed by atoms with van der Waals surface area (Å²) in [5, 5.41) is 0. The maximum Gasteiger partial charge on any atom is 0.306 e. The second-order valence-corrected chi connectivity index (χ2v) is 6.19. The van der Waals surface area contributed by atoms with E-state index in [9.17, 15) is 4.79 Å². The summed E-state index contributed by atoms with van der Waals surface area (Å²) >= 11 is 3.55. The van der Waals surface area contributed by atoms with Gasteiger partial charge in [-0.15, -0.1) is 0 Å². The predicted octanol–water partition coefficient (Wildman–Crippen LogP) is 3.43. The Hall–Kier alpha value is -0.830.